The number of hydrogen-bond donors (Lipinski definition) is 1. The van der Waals surface area contributed by atoms with Crippen molar-refractivity contribution in [3.63, 3.8) is 0 Å². The molecule has 2 aliphatic heterocycles. The summed E-state index contributed by atoms with van der Waals surface area (Å²) in [7, 11) is 0. The molecule has 222 valence electrons. The van der Waals surface area contributed by atoms with E-state index in [0.717, 1.165) is 6.92 Å². The van der Waals surface area contributed by atoms with Gasteiger partial charge in [-0.25, -0.2) is 0 Å². The van der Waals surface area contributed by atoms with Gasteiger partial charge in [0.2, 0.25) is 0 Å². The van der Waals surface area contributed by atoms with Gasteiger partial charge in [-0.2, -0.15) is 26.3 Å². The lowest BCUT2D eigenvalue weighted by molar-refractivity contribution is -0.290. The number of hydrogen-bond acceptors (Lipinski definition) is 7. The SMILES string of the molecule is CC(CC(C(F)(F)F)C(F)(F)F)OC(=O)C(C)(C1OC1(C)C(C)(C(=O)OCC1CO1)C(C)(C)C)C(C)(C)O. The molecule has 2 fully saturated rings. The number of carbonyl (C=O) groups is 2. The van der Waals surface area contributed by atoms with E-state index in [9.17, 15) is 41.0 Å². The lowest BCUT2D eigenvalue weighted by Gasteiger charge is -2.45. The van der Waals surface area contributed by atoms with Crippen molar-refractivity contribution in [2.75, 3.05) is 13.2 Å². The third-order valence-corrected chi connectivity index (χ3v) is 8.39. The highest BCUT2D eigenvalue weighted by Crippen LogP contribution is 2.65. The number of halogens is 6. The Hall–Kier alpha value is -1.60. The molecule has 6 unspecified atom stereocenters. The van der Waals surface area contributed by atoms with Gasteiger partial charge in [0.15, 0.2) is 5.92 Å². The molecule has 1 N–H and O–H groups in total. The monoisotopic (exact) mass is 564 g/mol. The summed E-state index contributed by atoms with van der Waals surface area (Å²) in [6.45, 7) is 13.5. The van der Waals surface area contributed by atoms with Crippen molar-refractivity contribution in [1.29, 1.82) is 0 Å². The highest BCUT2D eigenvalue weighted by molar-refractivity contribution is 5.83. The molecule has 0 aromatic carbocycles. The van der Waals surface area contributed by atoms with Gasteiger partial charge >= 0.3 is 24.3 Å². The van der Waals surface area contributed by atoms with Crippen molar-refractivity contribution in [3.05, 3.63) is 0 Å². The molecule has 0 aliphatic carbocycles. The van der Waals surface area contributed by atoms with Crippen LogP contribution in [-0.4, -0.2) is 72.1 Å². The molecule has 6 atom stereocenters. The molecule has 38 heavy (non-hydrogen) atoms. The molecule has 13 heteroatoms. The van der Waals surface area contributed by atoms with E-state index in [2.05, 4.69) is 0 Å². The molecule has 2 rings (SSSR count). The largest absolute Gasteiger partial charge is 0.462 e. The summed E-state index contributed by atoms with van der Waals surface area (Å²) in [6.07, 6.45) is -16.0. The fourth-order valence-electron chi connectivity index (χ4n) is 4.81. The van der Waals surface area contributed by atoms with E-state index in [1.807, 2.05) is 0 Å². The molecule has 2 aliphatic rings. The minimum atomic E-state index is -5.60. The van der Waals surface area contributed by atoms with Crippen LogP contribution in [-0.2, 0) is 28.5 Å². The van der Waals surface area contributed by atoms with E-state index in [4.69, 9.17) is 18.9 Å². The van der Waals surface area contributed by atoms with Crippen molar-refractivity contribution in [2.45, 2.75) is 111 Å². The van der Waals surface area contributed by atoms with Crippen LogP contribution in [0.25, 0.3) is 0 Å². The molecular weight excluding hydrogens is 526 g/mol. The predicted molar refractivity (Wildman–Crippen MR) is 122 cm³/mol. The van der Waals surface area contributed by atoms with E-state index < -0.39 is 76.3 Å². The maximum atomic E-state index is 13.4. The molecule has 0 bridgehead atoms. The highest BCUT2D eigenvalue weighted by Gasteiger charge is 2.78. The highest BCUT2D eigenvalue weighted by atomic mass is 19.4. The van der Waals surface area contributed by atoms with E-state index >= 15 is 0 Å². The van der Waals surface area contributed by atoms with Crippen LogP contribution in [0.3, 0.4) is 0 Å². The molecule has 0 aromatic rings. The fraction of sp³-hybridized carbons (Fsp3) is 0.920. The van der Waals surface area contributed by atoms with E-state index in [1.54, 1.807) is 34.6 Å². The number of epoxide rings is 2. The quantitative estimate of drug-likeness (QED) is 0.227. The Morgan fingerprint density at radius 3 is 1.82 bits per heavy atom. The van der Waals surface area contributed by atoms with Crippen LogP contribution in [0.2, 0.25) is 0 Å². The summed E-state index contributed by atoms with van der Waals surface area (Å²) >= 11 is 0. The molecule has 0 amide bonds. The lowest BCUT2D eigenvalue weighted by Crippen LogP contribution is -2.59. The van der Waals surface area contributed by atoms with Crippen LogP contribution in [0.4, 0.5) is 26.3 Å². The third-order valence-electron chi connectivity index (χ3n) is 8.39. The standard InChI is InChI=1S/C25H38F6O7/c1-13(10-15(24(26,27)28)25(29,30)31)37-17(32)21(7,20(5,6)34)16-23(9,38-16)22(8,19(2,3)4)18(33)36-12-14-11-35-14/h13-16,34H,10-12H2,1-9H3. The molecule has 0 aromatic heterocycles. The first kappa shape index (κ1) is 32.6. The molecule has 0 saturated carbocycles. The van der Waals surface area contributed by atoms with Gasteiger partial charge in [-0.1, -0.05) is 20.8 Å². The van der Waals surface area contributed by atoms with Gasteiger partial charge in [-0.3, -0.25) is 9.59 Å². The Kier molecular flexibility index (Phi) is 8.41. The Labute approximate surface area is 218 Å². The average molecular weight is 565 g/mol. The first-order chi connectivity index (χ1) is 16.7. The summed E-state index contributed by atoms with van der Waals surface area (Å²) < 4.78 is 99.8. The summed E-state index contributed by atoms with van der Waals surface area (Å²) in [5.74, 6) is -5.61. The number of rotatable bonds is 10. The number of carbonyl (C=O) groups excluding carboxylic acids is 2. The molecule has 0 radical (unpaired) electrons. The van der Waals surface area contributed by atoms with E-state index in [-0.39, 0.29) is 12.7 Å². The van der Waals surface area contributed by atoms with Crippen molar-refractivity contribution in [2.24, 2.45) is 22.2 Å². The number of ether oxygens (including phenoxy) is 4. The predicted octanol–water partition coefficient (Wildman–Crippen LogP) is 4.98. The van der Waals surface area contributed by atoms with Gasteiger partial charge in [-0.15, -0.1) is 0 Å². The Morgan fingerprint density at radius 2 is 1.45 bits per heavy atom. The summed E-state index contributed by atoms with van der Waals surface area (Å²) in [4.78, 5) is 26.7. The van der Waals surface area contributed by atoms with Crippen LogP contribution in [0.15, 0.2) is 0 Å². The van der Waals surface area contributed by atoms with Gasteiger partial charge in [0.25, 0.3) is 0 Å². The van der Waals surface area contributed by atoms with Gasteiger partial charge < -0.3 is 24.1 Å². The van der Waals surface area contributed by atoms with Crippen LogP contribution in [0, 0.1) is 22.2 Å². The second-order valence-electron chi connectivity index (χ2n) is 12.4. The smallest absolute Gasteiger partial charge is 0.400 e. The van der Waals surface area contributed by atoms with E-state index in [1.165, 1.54) is 20.8 Å². The molecule has 7 nitrogen and oxygen atoms in total. The molecule has 2 saturated heterocycles. The maximum absolute atomic E-state index is 13.4. The summed E-state index contributed by atoms with van der Waals surface area (Å²) in [6, 6.07) is 0. The van der Waals surface area contributed by atoms with Crippen molar-refractivity contribution < 1.29 is 60.0 Å². The third kappa shape index (κ3) is 5.94. The fourth-order valence-corrected chi connectivity index (χ4v) is 4.81. The Balaban J connectivity index is 2.37. The topological polar surface area (TPSA) is 97.9 Å². The second-order valence-corrected chi connectivity index (χ2v) is 12.4. The first-order valence-corrected chi connectivity index (χ1v) is 12.3. The molecule has 0 spiro atoms. The van der Waals surface area contributed by atoms with Gasteiger partial charge in [0, 0.05) is 6.42 Å². The minimum absolute atomic E-state index is 0.00709. The summed E-state index contributed by atoms with van der Waals surface area (Å²) in [5.41, 5.74) is -7.57. The van der Waals surface area contributed by atoms with E-state index in [0.29, 0.717) is 6.61 Å². The maximum Gasteiger partial charge on any atom is 0.400 e. The zero-order valence-electron chi connectivity index (χ0n) is 23.1. The van der Waals surface area contributed by atoms with Crippen LogP contribution in [0.5, 0.6) is 0 Å². The van der Waals surface area contributed by atoms with Crippen LogP contribution < -0.4 is 0 Å². The zero-order chi connectivity index (χ0) is 29.9. The van der Waals surface area contributed by atoms with Gasteiger partial charge in [-0.05, 0) is 47.0 Å². The van der Waals surface area contributed by atoms with Crippen molar-refractivity contribution in [3.8, 4) is 0 Å². The second kappa shape index (κ2) is 9.79. The Morgan fingerprint density at radius 1 is 0.974 bits per heavy atom. The number of aliphatic hydroxyl groups is 1. The first-order valence-electron chi connectivity index (χ1n) is 12.3. The van der Waals surface area contributed by atoms with Crippen LogP contribution in [0.1, 0.15) is 68.7 Å². The van der Waals surface area contributed by atoms with Crippen LogP contribution >= 0.6 is 0 Å². The molecular formula is C25H38F6O7. The average Bonchev–Trinajstić information content (AvgIpc) is 3.62. The van der Waals surface area contributed by atoms with Crippen molar-refractivity contribution >= 4 is 11.9 Å². The van der Waals surface area contributed by atoms with Crippen molar-refractivity contribution in [1.82, 2.24) is 0 Å². The summed E-state index contributed by atoms with van der Waals surface area (Å²) in [5, 5.41) is 11.0. The normalized spacial score (nSPS) is 28.2. The molecule has 2 heterocycles. The van der Waals surface area contributed by atoms with Gasteiger partial charge in [0.1, 0.15) is 35.2 Å². The zero-order valence-corrected chi connectivity index (χ0v) is 23.1. The lowest BCUT2D eigenvalue weighted by atomic mass is 9.56. The van der Waals surface area contributed by atoms with Gasteiger partial charge in [0.05, 0.1) is 18.3 Å². The number of alkyl halides is 6. The minimum Gasteiger partial charge on any atom is -0.462 e. The number of esters is 2. The Bertz CT molecular complexity index is 888.